The minimum Gasteiger partial charge on any atom is -0.294 e. The zero-order valence-corrected chi connectivity index (χ0v) is 11.7. The number of hydrogen-bond donors (Lipinski definition) is 0. The van der Waals surface area contributed by atoms with Gasteiger partial charge in [-0.25, -0.2) is 4.98 Å². The topological polar surface area (TPSA) is 30.0 Å². The van der Waals surface area contributed by atoms with Gasteiger partial charge in [-0.3, -0.25) is 4.79 Å². The van der Waals surface area contributed by atoms with Crippen molar-refractivity contribution in [2.24, 2.45) is 0 Å². The summed E-state index contributed by atoms with van der Waals surface area (Å²) in [6, 6.07) is 7.64. The summed E-state index contributed by atoms with van der Waals surface area (Å²) in [6.07, 6.45) is 0.401. The summed E-state index contributed by atoms with van der Waals surface area (Å²) in [7, 11) is 0. The zero-order chi connectivity index (χ0) is 11.5. The molecule has 82 valence electrons. The molecule has 0 aliphatic heterocycles. The number of halogens is 1. The van der Waals surface area contributed by atoms with Crippen molar-refractivity contribution in [2.75, 3.05) is 0 Å². The molecule has 2 rings (SSSR count). The molecule has 1 heterocycles. The number of rotatable bonds is 3. The Morgan fingerprint density at radius 2 is 2.31 bits per heavy atom. The Hall–Kier alpha value is -0.750. The van der Waals surface area contributed by atoms with E-state index in [1.165, 1.54) is 0 Å². The van der Waals surface area contributed by atoms with E-state index in [2.05, 4.69) is 27.6 Å². The van der Waals surface area contributed by atoms with Crippen molar-refractivity contribution in [3.8, 4) is 0 Å². The van der Waals surface area contributed by atoms with Gasteiger partial charge in [-0.05, 0) is 41.6 Å². The first kappa shape index (κ1) is 11.7. The summed E-state index contributed by atoms with van der Waals surface area (Å²) in [5, 5.41) is 2.86. The van der Waals surface area contributed by atoms with Crippen molar-refractivity contribution in [1.29, 1.82) is 0 Å². The van der Waals surface area contributed by atoms with Gasteiger partial charge in [-0.15, -0.1) is 11.3 Å². The predicted octanol–water partition coefficient (Wildman–Crippen LogP) is 3.48. The van der Waals surface area contributed by atoms with Gasteiger partial charge in [0.05, 0.1) is 6.42 Å². The number of aromatic nitrogens is 1. The van der Waals surface area contributed by atoms with Crippen LogP contribution in [0.2, 0.25) is 0 Å². The molecule has 0 aliphatic carbocycles. The summed E-state index contributed by atoms with van der Waals surface area (Å²) < 4.78 is 1.08. The van der Waals surface area contributed by atoms with Gasteiger partial charge in [-0.1, -0.05) is 12.1 Å². The van der Waals surface area contributed by atoms with Gasteiger partial charge in [0, 0.05) is 20.2 Å². The summed E-state index contributed by atoms with van der Waals surface area (Å²) >= 11 is 3.75. The second-order valence-corrected chi connectivity index (χ2v) is 5.68. The van der Waals surface area contributed by atoms with Crippen molar-refractivity contribution in [3.05, 3.63) is 49.5 Å². The van der Waals surface area contributed by atoms with Crippen molar-refractivity contribution >= 4 is 39.7 Å². The van der Waals surface area contributed by atoms with Crippen LogP contribution in [0.1, 0.15) is 21.1 Å². The highest BCUT2D eigenvalue weighted by molar-refractivity contribution is 14.1. The Labute approximate surface area is 112 Å². The molecule has 0 atom stereocenters. The Bertz CT molecular complexity index is 521. The van der Waals surface area contributed by atoms with E-state index in [0.29, 0.717) is 6.42 Å². The van der Waals surface area contributed by atoms with Gasteiger partial charge in [0.25, 0.3) is 0 Å². The predicted molar refractivity (Wildman–Crippen MR) is 74.0 cm³/mol. The van der Waals surface area contributed by atoms with Gasteiger partial charge in [0.15, 0.2) is 5.78 Å². The number of benzene rings is 1. The normalized spacial score (nSPS) is 10.4. The lowest BCUT2D eigenvalue weighted by atomic mass is 10.1. The van der Waals surface area contributed by atoms with E-state index in [4.69, 9.17) is 0 Å². The number of carbonyl (C=O) groups excluding carboxylic acids is 1. The quantitative estimate of drug-likeness (QED) is 0.631. The third-order valence-corrected chi connectivity index (χ3v) is 3.76. The van der Waals surface area contributed by atoms with Crippen LogP contribution in [0.5, 0.6) is 0 Å². The van der Waals surface area contributed by atoms with E-state index in [1.807, 2.05) is 36.6 Å². The third kappa shape index (κ3) is 2.89. The van der Waals surface area contributed by atoms with Crippen LogP contribution in [-0.2, 0) is 6.42 Å². The maximum absolute atomic E-state index is 11.9. The molecule has 0 aliphatic rings. The zero-order valence-electron chi connectivity index (χ0n) is 8.74. The molecule has 2 aromatic rings. The van der Waals surface area contributed by atoms with Crippen LogP contribution in [0.3, 0.4) is 0 Å². The fourth-order valence-electron chi connectivity index (χ4n) is 1.39. The highest BCUT2D eigenvalue weighted by Crippen LogP contribution is 2.14. The number of nitrogens with zero attached hydrogens (tertiary/aromatic N) is 1. The van der Waals surface area contributed by atoms with Gasteiger partial charge in [-0.2, -0.15) is 0 Å². The number of hydrogen-bond acceptors (Lipinski definition) is 3. The van der Waals surface area contributed by atoms with E-state index in [-0.39, 0.29) is 5.78 Å². The lowest BCUT2D eigenvalue weighted by Crippen LogP contribution is -2.03. The van der Waals surface area contributed by atoms with E-state index in [0.717, 1.165) is 19.8 Å². The molecule has 0 saturated carbocycles. The molecule has 1 aromatic heterocycles. The fraction of sp³-hybridized carbons (Fsp3) is 0.167. The first-order chi connectivity index (χ1) is 7.65. The minimum atomic E-state index is 0.132. The number of carbonyl (C=O) groups is 1. The van der Waals surface area contributed by atoms with Gasteiger partial charge >= 0.3 is 0 Å². The van der Waals surface area contributed by atoms with Gasteiger partial charge in [0.2, 0.25) is 0 Å². The summed E-state index contributed by atoms with van der Waals surface area (Å²) in [5.74, 6) is 0.132. The summed E-state index contributed by atoms with van der Waals surface area (Å²) in [4.78, 5) is 16.2. The molecule has 0 fully saturated rings. The Balaban J connectivity index is 2.14. The van der Waals surface area contributed by atoms with Crippen molar-refractivity contribution in [3.63, 3.8) is 0 Å². The fourth-order valence-corrected chi connectivity index (χ4v) is 2.70. The molecule has 0 N–H and O–H groups in total. The van der Waals surface area contributed by atoms with Crippen LogP contribution in [-0.4, -0.2) is 10.8 Å². The van der Waals surface area contributed by atoms with Crippen LogP contribution in [0.15, 0.2) is 29.6 Å². The van der Waals surface area contributed by atoms with E-state index < -0.39 is 0 Å². The second kappa shape index (κ2) is 5.05. The SMILES string of the molecule is Cc1csc(CC(=O)c2cccc(I)c2)n1. The smallest absolute Gasteiger partial charge is 0.169 e. The van der Waals surface area contributed by atoms with Crippen LogP contribution in [0, 0.1) is 10.5 Å². The monoisotopic (exact) mass is 343 g/mol. The van der Waals surface area contributed by atoms with Crippen LogP contribution in [0.4, 0.5) is 0 Å². The molecule has 0 radical (unpaired) electrons. The highest BCUT2D eigenvalue weighted by Gasteiger charge is 2.09. The van der Waals surface area contributed by atoms with Crippen molar-refractivity contribution in [1.82, 2.24) is 4.98 Å². The van der Waals surface area contributed by atoms with E-state index >= 15 is 0 Å². The molecule has 0 saturated heterocycles. The molecule has 0 spiro atoms. The Kier molecular flexibility index (Phi) is 3.70. The Morgan fingerprint density at radius 3 is 2.94 bits per heavy atom. The van der Waals surface area contributed by atoms with E-state index in [1.54, 1.807) is 11.3 Å². The standard InChI is InChI=1S/C12H10INOS/c1-8-7-16-12(14-8)6-11(15)9-3-2-4-10(13)5-9/h2-5,7H,6H2,1H3. The second-order valence-electron chi connectivity index (χ2n) is 3.49. The number of thiazole rings is 1. The maximum Gasteiger partial charge on any atom is 0.169 e. The first-order valence-corrected chi connectivity index (χ1v) is 6.81. The van der Waals surface area contributed by atoms with Crippen LogP contribution in [0.25, 0.3) is 0 Å². The molecular formula is C12H10INOS. The molecular weight excluding hydrogens is 333 g/mol. The minimum absolute atomic E-state index is 0.132. The van der Waals surface area contributed by atoms with Gasteiger partial charge < -0.3 is 0 Å². The van der Waals surface area contributed by atoms with Crippen LogP contribution < -0.4 is 0 Å². The Morgan fingerprint density at radius 1 is 1.50 bits per heavy atom. The lowest BCUT2D eigenvalue weighted by molar-refractivity contribution is 0.0993. The first-order valence-electron chi connectivity index (χ1n) is 4.85. The molecule has 4 heteroatoms. The van der Waals surface area contributed by atoms with Crippen LogP contribution >= 0.6 is 33.9 Å². The van der Waals surface area contributed by atoms with E-state index in [9.17, 15) is 4.79 Å². The summed E-state index contributed by atoms with van der Waals surface area (Å²) in [6.45, 7) is 1.94. The molecule has 2 nitrogen and oxygen atoms in total. The maximum atomic E-state index is 11.9. The molecule has 0 amide bonds. The van der Waals surface area contributed by atoms with Crippen molar-refractivity contribution < 1.29 is 4.79 Å². The molecule has 16 heavy (non-hydrogen) atoms. The number of Topliss-reactive ketones (excluding diaryl/α,β-unsaturated/α-hetero) is 1. The number of aryl methyl sites for hydroxylation is 1. The summed E-state index contributed by atoms with van der Waals surface area (Å²) in [5.41, 5.74) is 1.75. The molecule has 1 aromatic carbocycles. The van der Waals surface area contributed by atoms with Gasteiger partial charge in [0.1, 0.15) is 5.01 Å². The average molecular weight is 343 g/mol. The highest BCUT2D eigenvalue weighted by atomic mass is 127. The lowest BCUT2D eigenvalue weighted by Gasteiger charge is -1.99. The third-order valence-electron chi connectivity index (χ3n) is 2.12. The molecule has 0 bridgehead atoms. The largest absolute Gasteiger partial charge is 0.294 e. The van der Waals surface area contributed by atoms with Crippen molar-refractivity contribution in [2.45, 2.75) is 13.3 Å². The molecule has 0 unspecified atom stereocenters. The average Bonchev–Trinajstić information content (AvgIpc) is 2.64. The number of ketones is 1.